The predicted octanol–water partition coefficient (Wildman–Crippen LogP) is 1.69. The molecule has 1 rings (SSSR count). The first-order valence-corrected chi connectivity index (χ1v) is 6.38. The highest BCUT2D eigenvalue weighted by Crippen LogP contribution is 2.22. The molecule has 0 heterocycles. The molecule has 0 unspecified atom stereocenters. The van der Waals surface area contributed by atoms with Gasteiger partial charge in [-0.05, 0) is 12.5 Å². The van der Waals surface area contributed by atoms with Crippen LogP contribution in [0.3, 0.4) is 0 Å². The largest absolute Gasteiger partial charge is 0.493 e. The first kappa shape index (κ1) is 12.8. The van der Waals surface area contributed by atoms with Crippen LogP contribution >= 0.6 is 0 Å². The number of unbranched alkanes of at least 4 members (excludes halogenated alkanes) is 1. The van der Waals surface area contributed by atoms with Gasteiger partial charge in [0.05, 0.1) is 11.5 Å². The molecule has 0 radical (unpaired) electrons. The number of nitrogens with two attached hydrogens (primary N) is 1. The minimum atomic E-state index is -4.24. The lowest BCUT2D eigenvalue weighted by atomic mass is 10.3. The van der Waals surface area contributed by atoms with Crippen LogP contribution < -0.4 is 10.5 Å². The van der Waals surface area contributed by atoms with Gasteiger partial charge in [-0.1, -0.05) is 13.3 Å². The fourth-order valence-electron chi connectivity index (χ4n) is 1.16. The molecule has 0 aliphatic carbocycles. The predicted molar refractivity (Wildman–Crippen MR) is 61.1 cm³/mol. The molecule has 3 N–H and O–H groups in total. The molecule has 6 heteroatoms. The van der Waals surface area contributed by atoms with Crippen molar-refractivity contribution in [3.63, 3.8) is 0 Å². The first-order chi connectivity index (χ1) is 7.43. The number of hydrogen-bond acceptors (Lipinski definition) is 4. The lowest BCUT2D eigenvalue weighted by molar-refractivity contribution is 0.308. The van der Waals surface area contributed by atoms with Gasteiger partial charge in [-0.2, -0.15) is 8.42 Å². The van der Waals surface area contributed by atoms with E-state index in [1.807, 2.05) is 6.92 Å². The average Bonchev–Trinajstić information content (AvgIpc) is 2.16. The van der Waals surface area contributed by atoms with E-state index in [1.54, 1.807) is 0 Å². The Morgan fingerprint density at radius 3 is 2.62 bits per heavy atom. The summed E-state index contributed by atoms with van der Waals surface area (Å²) in [7, 11) is -4.24. The first-order valence-electron chi connectivity index (χ1n) is 4.94. The molecule has 0 bridgehead atoms. The zero-order valence-corrected chi connectivity index (χ0v) is 9.83. The standard InChI is InChI=1S/C10H15NO4S/c1-2-3-4-15-9-5-8(11)6-10(7-9)16(12,13)14/h5-7H,2-4,11H2,1H3,(H,12,13,14). The van der Waals surface area contributed by atoms with E-state index in [0.717, 1.165) is 12.8 Å². The fourth-order valence-corrected chi connectivity index (χ4v) is 1.71. The average molecular weight is 245 g/mol. The summed E-state index contributed by atoms with van der Waals surface area (Å²) >= 11 is 0. The van der Waals surface area contributed by atoms with Crippen LogP contribution in [-0.2, 0) is 10.1 Å². The number of anilines is 1. The van der Waals surface area contributed by atoms with Gasteiger partial charge in [0.2, 0.25) is 0 Å². The second-order valence-corrected chi connectivity index (χ2v) is 4.84. The van der Waals surface area contributed by atoms with E-state index in [-0.39, 0.29) is 10.6 Å². The van der Waals surface area contributed by atoms with Gasteiger partial charge in [-0.3, -0.25) is 4.55 Å². The van der Waals surface area contributed by atoms with Gasteiger partial charge in [0.25, 0.3) is 10.1 Å². The van der Waals surface area contributed by atoms with E-state index in [2.05, 4.69) is 0 Å². The Hall–Kier alpha value is -1.27. The second kappa shape index (κ2) is 5.18. The van der Waals surface area contributed by atoms with Gasteiger partial charge >= 0.3 is 0 Å². The Morgan fingerprint density at radius 2 is 2.06 bits per heavy atom. The Balaban J connectivity index is 2.91. The maximum atomic E-state index is 10.9. The van der Waals surface area contributed by atoms with Crippen LogP contribution in [0.2, 0.25) is 0 Å². The van der Waals surface area contributed by atoms with E-state index >= 15 is 0 Å². The van der Waals surface area contributed by atoms with Crippen LogP contribution in [0.15, 0.2) is 23.1 Å². The molecule has 0 aromatic heterocycles. The summed E-state index contributed by atoms with van der Waals surface area (Å²) in [5.74, 6) is 0.348. The van der Waals surface area contributed by atoms with Gasteiger partial charge < -0.3 is 10.5 Å². The second-order valence-electron chi connectivity index (χ2n) is 3.41. The maximum Gasteiger partial charge on any atom is 0.294 e. The zero-order chi connectivity index (χ0) is 12.2. The highest BCUT2D eigenvalue weighted by atomic mass is 32.2. The summed E-state index contributed by atoms with van der Waals surface area (Å²) in [6, 6.07) is 3.95. The molecule has 0 aliphatic rings. The summed E-state index contributed by atoms with van der Waals surface area (Å²) in [5.41, 5.74) is 5.74. The van der Waals surface area contributed by atoms with Gasteiger partial charge in [-0.25, -0.2) is 0 Å². The van der Waals surface area contributed by atoms with E-state index in [0.29, 0.717) is 12.4 Å². The van der Waals surface area contributed by atoms with Crippen LogP contribution in [0.4, 0.5) is 5.69 Å². The number of nitrogen functional groups attached to an aromatic ring is 1. The molecule has 0 saturated heterocycles. The third-order valence-electron chi connectivity index (χ3n) is 1.97. The number of hydrogen-bond donors (Lipinski definition) is 2. The lowest BCUT2D eigenvalue weighted by Gasteiger charge is -2.07. The summed E-state index contributed by atoms with van der Waals surface area (Å²) in [6.45, 7) is 2.51. The van der Waals surface area contributed by atoms with Crippen LogP contribution in [0.1, 0.15) is 19.8 Å². The van der Waals surface area contributed by atoms with E-state index in [4.69, 9.17) is 15.0 Å². The van der Waals surface area contributed by atoms with E-state index in [9.17, 15) is 8.42 Å². The quantitative estimate of drug-likeness (QED) is 0.468. The van der Waals surface area contributed by atoms with Crippen molar-refractivity contribution in [2.75, 3.05) is 12.3 Å². The fraction of sp³-hybridized carbons (Fsp3) is 0.400. The van der Waals surface area contributed by atoms with Crippen LogP contribution in [0.25, 0.3) is 0 Å². The number of benzene rings is 1. The summed E-state index contributed by atoms with van der Waals surface area (Å²) < 4.78 is 36.0. The van der Waals surface area contributed by atoms with E-state index in [1.165, 1.54) is 18.2 Å². The van der Waals surface area contributed by atoms with Gasteiger partial charge in [0, 0.05) is 17.8 Å². The van der Waals surface area contributed by atoms with Crippen molar-refractivity contribution in [2.45, 2.75) is 24.7 Å². The summed E-state index contributed by atoms with van der Waals surface area (Å²) in [6.07, 6.45) is 1.85. The molecule has 0 fully saturated rings. The van der Waals surface area contributed by atoms with Gasteiger partial charge in [0.1, 0.15) is 5.75 Å². The molecular weight excluding hydrogens is 230 g/mol. The van der Waals surface area contributed by atoms with Gasteiger partial charge in [-0.15, -0.1) is 0 Å². The van der Waals surface area contributed by atoms with Crippen molar-refractivity contribution in [3.8, 4) is 5.75 Å². The number of ether oxygens (including phenoxy) is 1. The molecule has 0 aliphatic heterocycles. The summed E-state index contributed by atoms with van der Waals surface area (Å²) in [5, 5.41) is 0. The molecule has 1 aromatic rings. The topological polar surface area (TPSA) is 89.6 Å². The molecule has 90 valence electrons. The molecule has 0 amide bonds. The molecule has 16 heavy (non-hydrogen) atoms. The molecular formula is C10H15NO4S. The zero-order valence-electron chi connectivity index (χ0n) is 9.01. The van der Waals surface area contributed by atoms with Crippen molar-refractivity contribution in [2.24, 2.45) is 0 Å². The van der Waals surface area contributed by atoms with Crippen molar-refractivity contribution in [3.05, 3.63) is 18.2 Å². The third kappa shape index (κ3) is 3.71. The minimum Gasteiger partial charge on any atom is -0.493 e. The SMILES string of the molecule is CCCCOc1cc(N)cc(S(=O)(=O)O)c1. The molecule has 0 atom stereocenters. The smallest absolute Gasteiger partial charge is 0.294 e. The number of rotatable bonds is 5. The Bertz CT molecular complexity index is 456. The molecule has 5 nitrogen and oxygen atoms in total. The maximum absolute atomic E-state index is 10.9. The van der Waals surface area contributed by atoms with Crippen LogP contribution in [0, 0.1) is 0 Å². The van der Waals surface area contributed by atoms with E-state index < -0.39 is 10.1 Å². The third-order valence-corrected chi connectivity index (χ3v) is 2.80. The van der Waals surface area contributed by atoms with Crippen molar-refractivity contribution in [1.29, 1.82) is 0 Å². The Labute approximate surface area is 95.0 Å². The van der Waals surface area contributed by atoms with Crippen molar-refractivity contribution >= 4 is 15.8 Å². The van der Waals surface area contributed by atoms with Gasteiger partial charge in [0.15, 0.2) is 0 Å². The highest BCUT2D eigenvalue weighted by molar-refractivity contribution is 7.85. The highest BCUT2D eigenvalue weighted by Gasteiger charge is 2.11. The van der Waals surface area contributed by atoms with Crippen molar-refractivity contribution < 1.29 is 17.7 Å². The van der Waals surface area contributed by atoms with Crippen molar-refractivity contribution in [1.82, 2.24) is 0 Å². The molecule has 0 saturated carbocycles. The lowest BCUT2D eigenvalue weighted by Crippen LogP contribution is -2.02. The monoisotopic (exact) mass is 245 g/mol. The Kier molecular flexibility index (Phi) is 4.14. The summed E-state index contributed by atoms with van der Waals surface area (Å²) in [4.78, 5) is -0.251. The normalized spacial score (nSPS) is 11.4. The van der Waals surface area contributed by atoms with Crippen LogP contribution in [0.5, 0.6) is 5.75 Å². The minimum absolute atomic E-state index is 0.238. The molecule has 0 spiro atoms. The Morgan fingerprint density at radius 1 is 1.38 bits per heavy atom. The molecule has 1 aromatic carbocycles. The van der Waals surface area contributed by atoms with Crippen LogP contribution in [-0.4, -0.2) is 19.6 Å².